The highest BCUT2D eigenvalue weighted by atomic mass is 16.4. The second-order valence-electron chi connectivity index (χ2n) is 6.66. The van der Waals surface area contributed by atoms with Crippen molar-refractivity contribution >= 4 is 12.0 Å². The molecule has 0 rings (SSSR count). The molecule has 2 unspecified atom stereocenters. The molecule has 0 spiro atoms. The van der Waals surface area contributed by atoms with Crippen LogP contribution < -0.4 is 10.6 Å². The Kier molecular flexibility index (Phi) is 9.84. The van der Waals surface area contributed by atoms with E-state index >= 15 is 0 Å². The number of carbonyl (C=O) groups is 2. The van der Waals surface area contributed by atoms with Crippen molar-refractivity contribution in [3.8, 4) is 0 Å². The second-order valence-corrected chi connectivity index (χ2v) is 6.66. The third-order valence-corrected chi connectivity index (χ3v) is 3.67. The molecule has 5 nitrogen and oxygen atoms in total. The molecule has 0 saturated heterocycles. The van der Waals surface area contributed by atoms with Crippen molar-refractivity contribution in [2.45, 2.75) is 66.3 Å². The lowest BCUT2D eigenvalue weighted by Crippen LogP contribution is -2.42. The second kappa shape index (κ2) is 10.5. The summed E-state index contributed by atoms with van der Waals surface area (Å²) >= 11 is 0. The molecule has 0 aliphatic carbocycles. The Hall–Kier alpha value is -1.26. The van der Waals surface area contributed by atoms with Crippen LogP contribution in [0.25, 0.3) is 0 Å². The van der Waals surface area contributed by atoms with E-state index in [1.807, 2.05) is 6.92 Å². The summed E-state index contributed by atoms with van der Waals surface area (Å²) in [5, 5.41) is 14.5. The van der Waals surface area contributed by atoms with Crippen molar-refractivity contribution in [2.75, 3.05) is 6.54 Å². The van der Waals surface area contributed by atoms with Crippen molar-refractivity contribution in [1.29, 1.82) is 0 Å². The Balaban J connectivity index is 3.97. The number of rotatable bonds is 10. The number of amides is 2. The maximum atomic E-state index is 11.7. The van der Waals surface area contributed by atoms with Gasteiger partial charge in [-0.05, 0) is 43.9 Å². The highest BCUT2D eigenvalue weighted by Crippen LogP contribution is 2.20. The smallest absolute Gasteiger partial charge is 0.314 e. The summed E-state index contributed by atoms with van der Waals surface area (Å²) < 4.78 is 0. The molecule has 0 aromatic heterocycles. The van der Waals surface area contributed by atoms with Gasteiger partial charge in [0.2, 0.25) is 0 Å². The SMILES string of the molecule is CC(C)CC(C)NC(=O)NCCC(CCC(=O)O)C(C)C. The van der Waals surface area contributed by atoms with Gasteiger partial charge in [0.25, 0.3) is 0 Å². The Morgan fingerprint density at radius 3 is 2.14 bits per heavy atom. The standard InChI is InChI=1S/C16H32N2O3/c1-11(2)10-13(5)18-16(21)17-9-8-14(12(3)4)6-7-15(19)20/h11-14H,6-10H2,1-5H3,(H,19,20)(H2,17,18,21). The van der Waals surface area contributed by atoms with Crippen LogP contribution in [0, 0.1) is 17.8 Å². The number of carbonyl (C=O) groups excluding carboxylic acids is 1. The summed E-state index contributed by atoms with van der Waals surface area (Å²) in [6.45, 7) is 11.0. The Morgan fingerprint density at radius 1 is 1.05 bits per heavy atom. The molecule has 0 radical (unpaired) electrons. The van der Waals surface area contributed by atoms with E-state index in [1.54, 1.807) is 0 Å². The van der Waals surface area contributed by atoms with E-state index in [0.717, 1.165) is 12.8 Å². The summed E-state index contributed by atoms with van der Waals surface area (Å²) in [5.41, 5.74) is 0. The highest BCUT2D eigenvalue weighted by Gasteiger charge is 2.15. The van der Waals surface area contributed by atoms with E-state index < -0.39 is 5.97 Å². The topological polar surface area (TPSA) is 78.4 Å². The summed E-state index contributed by atoms with van der Waals surface area (Å²) in [4.78, 5) is 22.4. The Labute approximate surface area is 128 Å². The molecule has 5 heteroatoms. The van der Waals surface area contributed by atoms with Crippen molar-refractivity contribution in [3.63, 3.8) is 0 Å². The van der Waals surface area contributed by atoms with Gasteiger partial charge < -0.3 is 15.7 Å². The average Bonchev–Trinajstić information content (AvgIpc) is 2.31. The zero-order valence-electron chi connectivity index (χ0n) is 14.1. The minimum atomic E-state index is -0.756. The van der Waals surface area contributed by atoms with Crippen LogP contribution in [0.5, 0.6) is 0 Å². The first-order valence-corrected chi connectivity index (χ1v) is 7.98. The van der Waals surface area contributed by atoms with Gasteiger partial charge in [-0.1, -0.05) is 27.7 Å². The fourth-order valence-corrected chi connectivity index (χ4v) is 2.53. The lowest BCUT2D eigenvalue weighted by Gasteiger charge is -2.21. The predicted molar refractivity (Wildman–Crippen MR) is 85.3 cm³/mol. The number of nitrogens with one attached hydrogen (secondary N) is 2. The zero-order valence-corrected chi connectivity index (χ0v) is 14.1. The molecule has 21 heavy (non-hydrogen) atoms. The third-order valence-electron chi connectivity index (χ3n) is 3.67. The van der Waals surface area contributed by atoms with E-state index in [1.165, 1.54) is 0 Å². The van der Waals surface area contributed by atoms with E-state index in [2.05, 4.69) is 38.3 Å². The molecule has 0 aromatic rings. The fraction of sp³-hybridized carbons (Fsp3) is 0.875. The molecule has 2 atom stereocenters. The molecular weight excluding hydrogens is 268 g/mol. The van der Waals surface area contributed by atoms with Crippen molar-refractivity contribution < 1.29 is 14.7 Å². The van der Waals surface area contributed by atoms with Crippen LogP contribution in [-0.4, -0.2) is 29.7 Å². The van der Waals surface area contributed by atoms with Crippen molar-refractivity contribution in [2.24, 2.45) is 17.8 Å². The van der Waals surface area contributed by atoms with Gasteiger partial charge in [-0.15, -0.1) is 0 Å². The number of urea groups is 1. The van der Waals surface area contributed by atoms with E-state index in [4.69, 9.17) is 5.11 Å². The Morgan fingerprint density at radius 2 is 1.67 bits per heavy atom. The summed E-state index contributed by atoms with van der Waals surface area (Å²) in [6.07, 6.45) is 2.64. The van der Waals surface area contributed by atoms with Crippen LogP contribution in [-0.2, 0) is 4.79 Å². The molecule has 0 heterocycles. The molecule has 3 N–H and O–H groups in total. The van der Waals surface area contributed by atoms with Crippen molar-refractivity contribution in [1.82, 2.24) is 10.6 Å². The summed E-state index contributed by atoms with van der Waals surface area (Å²) in [6, 6.07) is 0.0294. The number of hydrogen-bond donors (Lipinski definition) is 3. The third kappa shape index (κ3) is 11.1. The van der Waals surface area contributed by atoms with Crippen LogP contribution in [0.1, 0.15) is 60.3 Å². The van der Waals surface area contributed by atoms with Gasteiger partial charge in [-0.25, -0.2) is 4.79 Å². The van der Waals surface area contributed by atoms with Gasteiger partial charge in [0.15, 0.2) is 0 Å². The largest absolute Gasteiger partial charge is 0.481 e. The fourth-order valence-electron chi connectivity index (χ4n) is 2.53. The molecule has 124 valence electrons. The molecule has 0 aromatic carbocycles. The van der Waals surface area contributed by atoms with Crippen molar-refractivity contribution in [3.05, 3.63) is 0 Å². The lowest BCUT2D eigenvalue weighted by atomic mass is 9.88. The molecular formula is C16H32N2O3. The first kappa shape index (κ1) is 19.7. The average molecular weight is 300 g/mol. The minimum absolute atomic E-state index is 0.135. The van der Waals surface area contributed by atoms with Crippen LogP contribution in [0.2, 0.25) is 0 Å². The molecule has 0 aliphatic heterocycles. The summed E-state index contributed by atoms with van der Waals surface area (Å²) in [5.74, 6) is 0.555. The van der Waals surface area contributed by atoms with Gasteiger partial charge in [0.05, 0.1) is 0 Å². The van der Waals surface area contributed by atoms with Gasteiger partial charge in [0.1, 0.15) is 0 Å². The maximum Gasteiger partial charge on any atom is 0.314 e. The van der Waals surface area contributed by atoms with E-state index in [0.29, 0.717) is 30.7 Å². The van der Waals surface area contributed by atoms with Gasteiger partial charge in [-0.3, -0.25) is 4.79 Å². The van der Waals surface area contributed by atoms with Crippen LogP contribution in [0.15, 0.2) is 0 Å². The minimum Gasteiger partial charge on any atom is -0.481 e. The molecule has 0 aliphatic rings. The number of hydrogen-bond acceptors (Lipinski definition) is 2. The lowest BCUT2D eigenvalue weighted by molar-refractivity contribution is -0.137. The van der Waals surface area contributed by atoms with Crippen LogP contribution in [0.3, 0.4) is 0 Å². The Bertz CT molecular complexity index is 317. The normalized spacial score (nSPS) is 14.0. The van der Waals surface area contributed by atoms with Crippen LogP contribution >= 0.6 is 0 Å². The van der Waals surface area contributed by atoms with E-state index in [-0.39, 0.29) is 18.5 Å². The molecule has 0 fully saturated rings. The molecule has 0 bridgehead atoms. The first-order chi connectivity index (χ1) is 9.72. The number of carboxylic acids is 1. The predicted octanol–water partition coefficient (Wildman–Crippen LogP) is 3.25. The zero-order chi connectivity index (χ0) is 16.4. The van der Waals surface area contributed by atoms with Gasteiger partial charge in [-0.2, -0.15) is 0 Å². The van der Waals surface area contributed by atoms with Gasteiger partial charge >= 0.3 is 12.0 Å². The first-order valence-electron chi connectivity index (χ1n) is 7.98. The molecule has 2 amide bonds. The van der Waals surface area contributed by atoms with Gasteiger partial charge in [0, 0.05) is 19.0 Å². The summed E-state index contributed by atoms with van der Waals surface area (Å²) in [7, 11) is 0. The number of aliphatic carboxylic acids is 1. The number of carboxylic acid groups (broad SMARTS) is 1. The monoisotopic (exact) mass is 300 g/mol. The highest BCUT2D eigenvalue weighted by molar-refractivity contribution is 5.74. The molecule has 0 saturated carbocycles. The maximum absolute atomic E-state index is 11.7. The van der Waals surface area contributed by atoms with Crippen LogP contribution in [0.4, 0.5) is 4.79 Å². The quantitative estimate of drug-likeness (QED) is 0.579. The van der Waals surface area contributed by atoms with E-state index in [9.17, 15) is 9.59 Å².